The molecule has 0 fully saturated rings. The lowest BCUT2D eigenvalue weighted by atomic mass is 10.3. The highest BCUT2D eigenvalue weighted by atomic mass is 35.5. The first-order valence-electron chi connectivity index (χ1n) is 5.45. The topological polar surface area (TPSA) is 41.1 Å². The lowest BCUT2D eigenvalue weighted by Crippen LogP contribution is -2.27. The van der Waals surface area contributed by atoms with E-state index in [9.17, 15) is 4.57 Å². The van der Waals surface area contributed by atoms with Gasteiger partial charge in [-0.15, -0.1) is 0 Å². The molecule has 0 heterocycles. The Hall–Kier alpha value is 0.730. The Balaban J connectivity index is 4.02. The fourth-order valence-corrected chi connectivity index (χ4v) is 3.23. The van der Waals surface area contributed by atoms with E-state index in [0.29, 0.717) is 13.1 Å². The van der Waals surface area contributed by atoms with Crippen molar-refractivity contribution >= 4 is 30.6 Å². The average molecular weight is 275 g/mol. The van der Waals surface area contributed by atoms with E-state index in [2.05, 4.69) is 24.0 Å². The summed E-state index contributed by atoms with van der Waals surface area (Å²) in [5.74, 6) is 0. The number of rotatable bonds is 9. The molecule has 0 aliphatic carbocycles. The molecule has 6 heteroatoms. The number of alkyl halides is 2. The van der Waals surface area contributed by atoms with Gasteiger partial charge in [-0.1, -0.05) is 49.9 Å². The zero-order chi connectivity index (χ0) is 11.7. The van der Waals surface area contributed by atoms with E-state index >= 15 is 0 Å². The zero-order valence-electron chi connectivity index (χ0n) is 9.43. The normalized spacial score (nSPS) is 12.3. The quantitative estimate of drug-likeness (QED) is 0.383. The Morgan fingerprint density at radius 3 is 1.73 bits per heavy atom. The Kier molecular flexibility index (Phi) is 9.26. The summed E-state index contributed by atoms with van der Waals surface area (Å²) in [6, 6.07) is 0. The van der Waals surface area contributed by atoms with Gasteiger partial charge < -0.3 is 0 Å². The van der Waals surface area contributed by atoms with Gasteiger partial charge >= 0.3 is 0 Å². The van der Waals surface area contributed by atoms with Crippen molar-refractivity contribution in [1.29, 1.82) is 0 Å². The van der Waals surface area contributed by atoms with Crippen molar-refractivity contribution in [3.8, 4) is 0 Å². The Morgan fingerprint density at radius 2 is 1.47 bits per heavy atom. The predicted molar refractivity (Wildman–Crippen MR) is 68.9 cm³/mol. The number of hydrogen-bond donors (Lipinski definition) is 2. The van der Waals surface area contributed by atoms with Crippen molar-refractivity contribution < 1.29 is 4.57 Å². The van der Waals surface area contributed by atoms with Crippen molar-refractivity contribution in [2.45, 2.75) is 44.1 Å². The van der Waals surface area contributed by atoms with E-state index in [4.69, 9.17) is 23.2 Å². The first-order chi connectivity index (χ1) is 7.06. The lowest BCUT2D eigenvalue weighted by Gasteiger charge is -2.21. The molecule has 0 spiro atoms. The van der Waals surface area contributed by atoms with Gasteiger partial charge in [-0.05, 0) is 12.8 Å². The monoisotopic (exact) mass is 274 g/mol. The first kappa shape index (κ1) is 15.7. The summed E-state index contributed by atoms with van der Waals surface area (Å²) in [6.07, 6.45) is 4.05. The largest absolute Gasteiger partial charge is 0.286 e. The van der Waals surface area contributed by atoms with Crippen LogP contribution in [0.4, 0.5) is 0 Å². The van der Waals surface area contributed by atoms with Gasteiger partial charge in [0.1, 0.15) is 0 Å². The molecular weight excluding hydrogens is 254 g/mol. The van der Waals surface area contributed by atoms with Gasteiger partial charge in [-0.2, -0.15) is 0 Å². The second-order valence-electron chi connectivity index (χ2n) is 3.46. The fraction of sp³-hybridized carbons (Fsp3) is 1.00. The van der Waals surface area contributed by atoms with Crippen LogP contribution >= 0.6 is 30.6 Å². The molecule has 0 aliphatic heterocycles. The van der Waals surface area contributed by atoms with Gasteiger partial charge in [0.15, 0.2) is 4.58 Å². The molecule has 0 amide bonds. The fourth-order valence-electron chi connectivity index (χ4n) is 1.04. The van der Waals surface area contributed by atoms with Crippen LogP contribution in [-0.4, -0.2) is 17.7 Å². The molecule has 0 aromatic heterocycles. The van der Waals surface area contributed by atoms with Crippen molar-refractivity contribution in [3.63, 3.8) is 0 Å². The van der Waals surface area contributed by atoms with Crippen LogP contribution in [0.2, 0.25) is 0 Å². The van der Waals surface area contributed by atoms with Crippen LogP contribution in [0.3, 0.4) is 0 Å². The van der Waals surface area contributed by atoms with E-state index in [1.807, 2.05) is 0 Å². The summed E-state index contributed by atoms with van der Waals surface area (Å²) in [4.78, 5) is 0. The van der Waals surface area contributed by atoms with Crippen LogP contribution in [0, 0.1) is 0 Å². The number of hydrogen-bond acceptors (Lipinski definition) is 1. The molecule has 0 aromatic carbocycles. The van der Waals surface area contributed by atoms with Crippen molar-refractivity contribution in [2.75, 3.05) is 13.1 Å². The van der Waals surface area contributed by atoms with E-state index in [1.165, 1.54) is 0 Å². The highest BCUT2D eigenvalue weighted by molar-refractivity contribution is 7.64. The minimum atomic E-state index is -2.82. The predicted octanol–water partition coefficient (Wildman–Crippen LogP) is 3.72. The van der Waals surface area contributed by atoms with Gasteiger partial charge in [0.05, 0.1) is 0 Å². The highest BCUT2D eigenvalue weighted by Crippen LogP contribution is 2.46. The molecule has 0 radical (unpaired) electrons. The number of unbranched alkanes of at least 4 members (excludes halogenated alkanes) is 2. The Labute approximate surface area is 103 Å². The molecule has 0 saturated carbocycles. The molecule has 3 nitrogen and oxygen atoms in total. The molecular formula is C9H21Cl2N2OP. The summed E-state index contributed by atoms with van der Waals surface area (Å²) in [6.45, 7) is 5.53. The Bertz CT molecular complexity index is 189. The molecule has 0 atom stereocenters. The van der Waals surface area contributed by atoms with Gasteiger partial charge in [-0.25, -0.2) is 0 Å². The second-order valence-corrected chi connectivity index (χ2v) is 7.63. The number of nitrogens with one attached hydrogen (secondary N) is 2. The lowest BCUT2D eigenvalue weighted by molar-refractivity contribution is 0.550. The molecule has 0 bridgehead atoms. The SMILES string of the molecule is CCCCNP(=O)(NCCCC)C(Cl)Cl. The number of halogens is 2. The van der Waals surface area contributed by atoms with Gasteiger partial charge in [-0.3, -0.25) is 14.7 Å². The van der Waals surface area contributed by atoms with Gasteiger partial charge in [0.25, 0.3) is 0 Å². The summed E-state index contributed by atoms with van der Waals surface area (Å²) >= 11 is 11.4. The summed E-state index contributed by atoms with van der Waals surface area (Å²) in [5, 5.41) is 5.87. The molecule has 2 N–H and O–H groups in total. The average Bonchev–Trinajstić information content (AvgIpc) is 2.18. The van der Waals surface area contributed by atoms with E-state index in [0.717, 1.165) is 25.7 Å². The third-order valence-electron chi connectivity index (χ3n) is 2.03. The third-order valence-corrected chi connectivity index (χ3v) is 5.61. The maximum Gasteiger partial charge on any atom is 0.243 e. The molecule has 0 rings (SSSR count). The minimum Gasteiger partial charge on any atom is -0.286 e. The maximum atomic E-state index is 12.2. The van der Waals surface area contributed by atoms with Crippen LogP contribution in [0.25, 0.3) is 0 Å². The van der Waals surface area contributed by atoms with Crippen LogP contribution in [0.15, 0.2) is 0 Å². The Morgan fingerprint density at radius 1 is 1.07 bits per heavy atom. The van der Waals surface area contributed by atoms with Gasteiger partial charge in [0, 0.05) is 13.1 Å². The van der Waals surface area contributed by atoms with Crippen LogP contribution in [0.1, 0.15) is 39.5 Å². The van der Waals surface area contributed by atoms with Crippen molar-refractivity contribution in [1.82, 2.24) is 10.2 Å². The minimum absolute atomic E-state index is 0.683. The smallest absolute Gasteiger partial charge is 0.243 e. The van der Waals surface area contributed by atoms with Crippen molar-refractivity contribution in [3.05, 3.63) is 0 Å². The standard InChI is InChI=1S/C9H21Cl2N2OP/c1-3-5-7-12-15(14,9(10)11)13-8-6-4-2/h9H,3-8H2,1-2H3,(H2,12,13,14). The van der Waals surface area contributed by atoms with Crippen molar-refractivity contribution in [2.24, 2.45) is 0 Å². The van der Waals surface area contributed by atoms with E-state index in [1.54, 1.807) is 0 Å². The molecule has 0 aromatic rings. The van der Waals surface area contributed by atoms with E-state index in [-0.39, 0.29) is 0 Å². The van der Waals surface area contributed by atoms with Crippen LogP contribution in [0.5, 0.6) is 0 Å². The zero-order valence-corrected chi connectivity index (χ0v) is 11.8. The van der Waals surface area contributed by atoms with Crippen LogP contribution in [-0.2, 0) is 4.57 Å². The molecule has 0 aliphatic rings. The second kappa shape index (κ2) is 8.83. The summed E-state index contributed by atoms with van der Waals surface area (Å²) in [7, 11) is -2.82. The van der Waals surface area contributed by atoms with Gasteiger partial charge in [0.2, 0.25) is 7.44 Å². The summed E-state index contributed by atoms with van der Waals surface area (Å²) < 4.78 is 11.3. The third kappa shape index (κ3) is 6.80. The molecule has 0 unspecified atom stereocenters. The molecule has 0 saturated heterocycles. The highest BCUT2D eigenvalue weighted by Gasteiger charge is 2.28. The van der Waals surface area contributed by atoms with Crippen LogP contribution < -0.4 is 10.2 Å². The molecule has 92 valence electrons. The van der Waals surface area contributed by atoms with E-state index < -0.39 is 12.0 Å². The summed E-state index contributed by atoms with van der Waals surface area (Å²) in [5.41, 5.74) is 0. The molecule has 15 heavy (non-hydrogen) atoms. The maximum absolute atomic E-state index is 12.2. The first-order valence-corrected chi connectivity index (χ1v) is 8.09.